The number of ketones is 2. The van der Waals surface area contributed by atoms with Crippen molar-refractivity contribution >= 4 is 33.2 Å². The van der Waals surface area contributed by atoms with Gasteiger partial charge in [0.1, 0.15) is 10.6 Å². The zero-order valence-corrected chi connectivity index (χ0v) is 17.6. The van der Waals surface area contributed by atoms with Gasteiger partial charge in [-0.2, -0.15) is 0 Å². The van der Waals surface area contributed by atoms with Crippen LogP contribution in [0.4, 0.5) is 0 Å². The number of sulfone groups is 1. The molecule has 146 valence electrons. The van der Waals surface area contributed by atoms with E-state index in [0.717, 1.165) is 36.2 Å². The van der Waals surface area contributed by atoms with Crippen molar-refractivity contribution in [2.24, 2.45) is 11.8 Å². The number of hydrogen-bond acceptors (Lipinski definition) is 6. The van der Waals surface area contributed by atoms with Crippen LogP contribution in [0.15, 0.2) is 27.5 Å². The van der Waals surface area contributed by atoms with Crippen LogP contribution >= 0.6 is 11.8 Å². The third kappa shape index (κ3) is 3.47. The molecular weight excluding hydrogens is 384 g/mol. The van der Waals surface area contributed by atoms with Gasteiger partial charge in [0.05, 0.1) is 12.7 Å². The van der Waals surface area contributed by atoms with Crippen molar-refractivity contribution in [2.45, 2.75) is 38.0 Å². The first-order valence-corrected chi connectivity index (χ1v) is 11.9. The normalized spacial score (nSPS) is 22.3. The van der Waals surface area contributed by atoms with Crippen LogP contribution in [0.5, 0.6) is 5.75 Å². The molecule has 1 aromatic rings. The van der Waals surface area contributed by atoms with Crippen molar-refractivity contribution < 1.29 is 22.7 Å². The first-order valence-electron chi connectivity index (χ1n) is 9.04. The van der Waals surface area contributed by atoms with Gasteiger partial charge in [-0.15, -0.1) is 11.8 Å². The average Bonchev–Trinajstić information content (AvgIpc) is 3.05. The van der Waals surface area contributed by atoms with E-state index in [0.29, 0.717) is 16.7 Å². The van der Waals surface area contributed by atoms with E-state index >= 15 is 0 Å². The number of allylic oxidation sites excluding steroid dienone is 2. The lowest BCUT2D eigenvalue weighted by molar-refractivity contribution is -0.119. The molecule has 0 N–H and O–H groups in total. The second kappa shape index (κ2) is 7.43. The fourth-order valence-corrected chi connectivity index (χ4v) is 6.14. The Bertz CT molecular complexity index is 943. The molecule has 1 fully saturated rings. The summed E-state index contributed by atoms with van der Waals surface area (Å²) >= 11 is 1.58. The molecule has 0 aliphatic heterocycles. The minimum Gasteiger partial charge on any atom is -0.495 e. The molecular formula is C20H24O5S2. The molecule has 27 heavy (non-hydrogen) atoms. The molecule has 2 unspecified atom stereocenters. The number of Topliss-reactive ketones (excluding diaryl/α,β-unsaturated/α-hetero) is 2. The number of benzene rings is 1. The summed E-state index contributed by atoms with van der Waals surface area (Å²) in [6, 6.07) is 2.89. The molecule has 3 rings (SSSR count). The topological polar surface area (TPSA) is 77.5 Å². The summed E-state index contributed by atoms with van der Waals surface area (Å²) in [5.41, 5.74) is 1.08. The van der Waals surface area contributed by atoms with Gasteiger partial charge in [-0.05, 0) is 50.0 Å². The molecule has 2 aliphatic rings. The van der Waals surface area contributed by atoms with Crippen LogP contribution in [0.3, 0.4) is 0 Å². The minimum absolute atomic E-state index is 0.0474. The quantitative estimate of drug-likeness (QED) is 0.529. The summed E-state index contributed by atoms with van der Waals surface area (Å²) < 4.78 is 29.3. The van der Waals surface area contributed by atoms with Crippen LogP contribution in [0.1, 0.15) is 42.1 Å². The van der Waals surface area contributed by atoms with Gasteiger partial charge in [0.2, 0.25) is 0 Å². The predicted octanol–water partition coefficient (Wildman–Crippen LogP) is 3.60. The lowest BCUT2D eigenvalue weighted by atomic mass is 9.83. The van der Waals surface area contributed by atoms with E-state index in [2.05, 4.69) is 0 Å². The molecule has 0 spiro atoms. The highest BCUT2D eigenvalue weighted by Gasteiger charge is 2.43. The molecule has 2 atom stereocenters. The van der Waals surface area contributed by atoms with Crippen LogP contribution < -0.4 is 4.74 Å². The Hall–Kier alpha value is -1.60. The monoisotopic (exact) mass is 408 g/mol. The minimum atomic E-state index is -3.49. The van der Waals surface area contributed by atoms with Crippen LogP contribution in [-0.4, -0.2) is 39.1 Å². The summed E-state index contributed by atoms with van der Waals surface area (Å²) in [6.45, 7) is 3.68. The van der Waals surface area contributed by atoms with Gasteiger partial charge in [0.25, 0.3) is 0 Å². The highest BCUT2D eigenvalue weighted by atomic mass is 32.2. The Kier molecular flexibility index (Phi) is 5.54. The van der Waals surface area contributed by atoms with Crippen LogP contribution in [0, 0.1) is 18.8 Å². The number of rotatable bonds is 6. The summed E-state index contributed by atoms with van der Waals surface area (Å²) in [5, 5.41) is 0. The zero-order chi connectivity index (χ0) is 19.9. The molecule has 0 aromatic heterocycles. The van der Waals surface area contributed by atoms with Crippen molar-refractivity contribution in [2.75, 3.05) is 19.1 Å². The Morgan fingerprint density at radius 3 is 2.52 bits per heavy atom. The number of methoxy groups -OCH3 is 1. The SMILES string of the molecule is CCSC1=C(C(=O)c2ccc(S(C)(=O)=O)c(OC)c2C)C(=O)C2CCC1C2. The van der Waals surface area contributed by atoms with E-state index in [4.69, 9.17) is 4.74 Å². The number of hydrogen-bond donors (Lipinski definition) is 0. The number of carbonyl (C=O) groups is 2. The molecule has 2 aliphatic carbocycles. The van der Waals surface area contributed by atoms with Gasteiger partial charge in [0, 0.05) is 28.2 Å². The van der Waals surface area contributed by atoms with Gasteiger partial charge in [-0.1, -0.05) is 6.92 Å². The van der Waals surface area contributed by atoms with Crippen molar-refractivity contribution in [1.82, 2.24) is 0 Å². The van der Waals surface area contributed by atoms with Crippen molar-refractivity contribution in [1.29, 1.82) is 0 Å². The summed E-state index contributed by atoms with van der Waals surface area (Å²) in [7, 11) is -2.11. The van der Waals surface area contributed by atoms with Gasteiger partial charge < -0.3 is 4.74 Å². The molecule has 5 nitrogen and oxygen atoms in total. The number of ether oxygens (including phenoxy) is 1. The fraction of sp³-hybridized carbons (Fsp3) is 0.500. The van der Waals surface area contributed by atoms with Crippen molar-refractivity contribution in [3.8, 4) is 5.75 Å². The maximum atomic E-state index is 13.4. The van der Waals surface area contributed by atoms with E-state index in [1.807, 2.05) is 6.92 Å². The molecule has 1 saturated carbocycles. The lowest BCUT2D eigenvalue weighted by Crippen LogP contribution is -2.27. The molecule has 0 saturated heterocycles. The summed E-state index contributed by atoms with van der Waals surface area (Å²) in [4.78, 5) is 27.3. The standard InChI is InChI=1S/C20H24O5S2/c1-5-26-20-13-7-6-12(10-13)17(21)16(20)18(22)14-8-9-15(27(4,23)24)19(25-3)11(14)2/h8-9,12-13H,5-7,10H2,1-4H3. The summed E-state index contributed by atoms with van der Waals surface area (Å²) in [6.07, 6.45) is 3.73. The Morgan fingerprint density at radius 2 is 1.93 bits per heavy atom. The van der Waals surface area contributed by atoms with Crippen LogP contribution in [0.25, 0.3) is 0 Å². The maximum Gasteiger partial charge on any atom is 0.197 e. The second-order valence-electron chi connectivity index (χ2n) is 7.11. The van der Waals surface area contributed by atoms with Gasteiger partial charge in [0.15, 0.2) is 21.4 Å². The largest absolute Gasteiger partial charge is 0.495 e. The first kappa shape index (κ1) is 20.1. The third-order valence-corrected chi connectivity index (χ3v) is 7.67. The van der Waals surface area contributed by atoms with Gasteiger partial charge in [-0.3, -0.25) is 9.59 Å². The molecule has 0 heterocycles. The van der Waals surface area contributed by atoms with Crippen LogP contribution in [0.2, 0.25) is 0 Å². The second-order valence-corrected chi connectivity index (χ2v) is 10.4. The lowest BCUT2D eigenvalue weighted by Gasteiger charge is -2.25. The molecule has 0 amide bonds. The van der Waals surface area contributed by atoms with E-state index in [1.165, 1.54) is 19.2 Å². The number of thioether (sulfide) groups is 1. The van der Waals surface area contributed by atoms with E-state index in [1.54, 1.807) is 18.7 Å². The third-order valence-electron chi connectivity index (χ3n) is 5.41. The van der Waals surface area contributed by atoms with E-state index in [-0.39, 0.29) is 34.0 Å². The molecule has 0 radical (unpaired) electrons. The van der Waals surface area contributed by atoms with Crippen molar-refractivity contribution in [3.63, 3.8) is 0 Å². The first-order chi connectivity index (χ1) is 12.7. The highest BCUT2D eigenvalue weighted by Crippen LogP contribution is 2.48. The fourth-order valence-electron chi connectivity index (χ4n) is 4.15. The molecule has 2 bridgehead atoms. The Balaban J connectivity index is 2.15. The van der Waals surface area contributed by atoms with Gasteiger partial charge >= 0.3 is 0 Å². The Morgan fingerprint density at radius 1 is 1.26 bits per heavy atom. The predicted molar refractivity (Wildman–Crippen MR) is 106 cm³/mol. The van der Waals surface area contributed by atoms with Crippen LogP contribution in [-0.2, 0) is 14.6 Å². The van der Waals surface area contributed by atoms with Crippen molar-refractivity contribution in [3.05, 3.63) is 33.7 Å². The average molecular weight is 409 g/mol. The number of fused-ring (bicyclic) bond motifs is 2. The molecule has 1 aromatic carbocycles. The Labute approximate surface area is 164 Å². The van der Waals surface area contributed by atoms with E-state index in [9.17, 15) is 18.0 Å². The molecule has 7 heteroatoms. The maximum absolute atomic E-state index is 13.4. The highest BCUT2D eigenvalue weighted by molar-refractivity contribution is 8.03. The zero-order valence-electron chi connectivity index (χ0n) is 16.0. The smallest absolute Gasteiger partial charge is 0.197 e. The van der Waals surface area contributed by atoms with E-state index < -0.39 is 9.84 Å². The number of carbonyl (C=O) groups excluding carboxylic acids is 2. The van der Waals surface area contributed by atoms with Gasteiger partial charge in [-0.25, -0.2) is 8.42 Å². The summed E-state index contributed by atoms with van der Waals surface area (Å²) in [5.74, 6) is 0.816.